The third-order valence-electron chi connectivity index (χ3n) is 2.92. The van der Waals surface area contributed by atoms with Gasteiger partial charge in [-0.2, -0.15) is 0 Å². The Morgan fingerprint density at radius 3 is 2.68 bits per heavy atom. The molecule has 0 radical (unpaired) electrons. The van der Waals surface area contributed by atoms with Gasteiger partial charge in [0.05, 0.1) is 17.7 Å². The Morgan fingerprint density at radius 1 is 1.27 bits per heavy atom. The van der Waals surface area contributed by atoms with Crippen LogP contribution in [-0.4, -0.2) is 23.1 Å². The molecule has 0 fully saturated rings. The van der Waals surface area contributed by atoms with Gasteiger partial charge in [-0.05, 0) is 35.9 Å². The van der Waals surface area contributed by atoms with E-state index >= 15 is 0 Å². The van der Waals surface area contributed by atoms with Crippen molar-refractivity contribution in [2.24, 2.45) is 0 Å². The van der Waals surface area contributed by atoms with E-state index in [1.165, 1.54) is 25.3 Å². The van der Waals surface area contributed by atoms with Gasteiger partial charge in [0.1, 0.15) is 11.6 Å². The van der Waals surface area contributed by atoms with E-state index < -0.39 is 17.3 Å². The molecule has 0 aliphatic heterocycles. The molecule has 0 saturated heterocycles. The first-order valence-electron chi connectivity index (χ1n) is 6.20. The fourth-order valence-corrected chi connectivity index (χ4v) is 2.02. The Kier molecular flexibility index (Phi) is 4.68. The van der Waals surface area contributed by atoms with Crippen LogP contribution in [-0.2, 0) is 0 Å². The van der Waals surface area contributed by atoms with Crippen LogP contribution in [0.5, 0.6) is 17.2 Å². The van der Waals surface area contributed by atoms with Crippen molar-refractivity contribution in [3.63, 3.8) is 0 Å². The summed E-state index contributed by atoms with van der Waals surface area (Å²) < 4.78 is 18.2. The molecular formula is C16H12ClFO4. The summed E-state index contributed by atoms with van der Waals surface area (Å²) in [6.07, 6.45) is 2.61. The van der Waals surface area contributed by atoms with Gasteiger partial charge in [0, 0.05) is 0 Å². The predicted molar refractivity (Wildman–Crippen MR) is 81.1 cm³/mol. The highest BCUT2D eigenvalue weighted by Crippen LogP contribution is 2.30. The van der Waals surface area contributed by atoms with Crippen molar-refractivity contribution in [2.45, 2.75) is 0 Å². The molecule has 0 saturated carbocycles. The Balaban J connectivity index is 2.29. The summed E-state index contributed by atoms with van der Waals surface area (Å²) in [5.41, 5.74) is 0.358. The average molecular weight is 323 g/mol. The van der Waals surface area contributed by atoms with Gasteiger partial charge in [-0.15, -0.1) is 0 Å². The standard InChI is InChI=1S/C16H12ClFO4/c1-22-15-6-9(3-5-14(15)20)2-4-13(19)11-7-10(18)8-12(17)16(11)21/h2-8,20-21H,1H3/b4-2+. The zero-order valence-corrected chi connectivity index (χ0v) is 12.3. The summed E-state index contributed by atoms with van der Waals surface area (Å²) in [7, 11) is 1.40. The summed E-state index contributed by atoms with van der Waals surface area (Å²) in [6.45, 7) is 0. The van der Waals surface area contributed by atoms with Gasteiger partial charge in [-0.1, -0.05) is 23.7 Å². The summed E-state index contributed by atoms with van der Waals surface area (Å²) >= 11 is 5.63. The average Bonchev–Trinajstić information content (AvgIpc) is 2.49. The quantitative estimate of drug-likeness (QED) is 0.664. The van der Waals surface area contributed by atoms with Crippen molar-refractivity contribution < 1.29 is 24.1 Å². The van der Waals surface area contributed by atoms with Gasteiger partial charge in [-0.3, -0.25) is 4.79 Å². The maximum absolute atomic E-state index is 13.3. The Labute approximate surface area is 131 Å². The topological polar surface area (TPSA) is 66.8 Å². The van der Waals surface area contributed by atoms with Crippen molar-refractivity contribution in [2.75, 3.05) is 7.11 Å². The van der Waals surface area contributed by atoms with E-state index in [1.54, 1.807) is 6.07 Å². The minimum Gasteiger partial charge on any atom is -0.506 e. The number of phenolic OH excluding ortho intramolecular Hbond substituents is 2. The van der Waals surface area contributed by atoms with Crippen LogP contribution in [0.3, 0.4) is 0 Å². The molecule has 0 atom stereocenters. The number of carbonyl (C=O) groups is 1. The van der Waals surface area contributed by atoms with Crippen LogP contribution in [0.1, 0.15) is 15.9 Å². The van der Waals surface area contributed by atoms with Crippen LogP contribution in [0.25, 0.3) is 6.08 Å². The molecule has 0 aliphatic rings. The lowest BCUT2D eigenvalue weighted by Crippen LogP contribution is -1.96. The zero-order chi connectivity index (χ0) is 16.3. The molecule has 22 heavy (non-hydrogen) atoms. The highest BCUT2D eigenvalue weighted by atomic mass is 35.5. The Morgan fingerprint density at radius 2 is 2.00 bits per heavy atom. The Hall–Kier alpha value is -2.53. The van der Waals surface area contributed by atoms with Gasteiger partial charge < -0.3 is 14.9 Å². The Bertz CT molecular complexity index is 756. The fourth-order valence-electron chi connectivity index (χ4n) is 1.81. The first kappa shape index (κ1) is 15.9. The number of methoxy groups -OCH3 is 1. The van der Waals surface area contributed by atoms with E-state index in [2.05, 4.69) is 0 Å². The number of carbonyl (C=O) groups excluding carboxylic acids is 1. The summed E-state index contributed by atoms with van der Waals surface area (Å²) in [6, 6.07) is 6.34. The maximum atomic E-state index is 13.3. The van der Waals surface area contributed by atoms with Gasteiger partial charge in [0.2, 0.25) is 0 Å². The molecule has 2 rings (SSSR count). The second kappa shape index (κ2) is 6.49. The highest BCUT2D eigenvalue weighted by molar-refractivity contribution is 6.32. The molecule has 2 aromatic rings. The lowest BCUT2D eigenvalue weighted by atomic mass is 10.1. The summed E-state index contributed by atoms with van der Waals surface area (Å²) in [4.78, 5) is 12.0. The summed E-state index contributed by atoms with van der Waals surface area (Å²) in [5, 5.41) is 19.0. The van der Waals surface area contributed by atoms with Crippen molar-refractivity contribution in [1.29, 1.82) is 0 Å². The molecule has 0 aliphatic carbocycles. The third-order valence-corrected chi connectivity index (χ3v) is 3.21. The predicted octanol–water partition coefficient (Wildman–Crippen LogP) is 3.80. The van der Waals surface area contributed by atoms with E-state index in [-0.39, 0.29) is 22.1 Å². The fraction of sp³-hybridized carbons (Fsp3) is 0.0625. The van der Waals surface area contributed by atoms with Crippen LogP contribution in [0.2, 0.25) is 5.02 Å². The number of halogens is 2. The van der Waals surface area contributed by atoms with E-state index in [0.29, 0.717) is 5.56 Å². The molecule has 2 aromatic carbocycles. The number of phenols is 2. The lowest BCUT2D eigenvalue weighted by molar-refractivity contribution is 0.104. The van der Waals surface area contributed by atoms with Crippen molar-refractivity contribution in [3.8, 4) is 17.2 Å². The number of rotatable bonds is 4. The van der Waals surface area contributed by atoms with Crippen molar-refractivity contribution >= 4 is 23.5 Å². The van der Waals surface area contributed by atoms with Crippen LogP contribution in [0, 0.1) is 5.82 Å². The van der Waals surface area contributed by atoms with E-state index in [9.17, 15) is 19.4 Å². The first-order valence-corrected chi connectivity index (χ1v) is 6.57. The van der Waals surface area contributed by atoms with Gasteiger partial charge in [-0.25, -0.2) is 4.39 Å². The van der Waals surface area contributed by atoms with E-state index in [4.69, 9.17) is 16.3 Å². The van der Waals surface area contributed by atoms with Crippen LogP contribution in [0.4, 0.5) is 4.39 Å². The monoisotopic (exact) mass is 322 g/mol. The molecule has 0 aromatic heterocycles. The van der Waals surface area contributed by atoms with Gasteiger partial charge >= 0.3 is 0 Å². The van der Waals surface area contributed by atoms with Crippen molar-refractivity contribution in [1.82, 2.24) is 0 Å². The number of aromatic hydroxyl groups is 2. The smallest absolute Gasteiger partial charge is 0.189 e. The molecule has 0 bridgehead atoms. The number of benzene rings is 2. The molecule has 2 N–H and O–H groups in total. The van der Waals surface area contributed by atoms with Crippen LogP contribution < -0.4 is 4.74 Å². The second-order valence-electron chi connectivity index (χ2n) is 4.41. The molecular weight excluding hydrogens is 311 g/mol. The minimum absolute atomic E-state index is 0.0273. The molecule has 6 heteroatoms. The first-order chi connectivity index (χ1) is 10.4. The van der Waals surface area contributed by atoms with Gasteiger partial charge in [0.25, 0.3) is 0 Å². The number of hydrogen-bond donors (Lipinski definition) is 2. The number of ether oxygens (including phenoxy) is 1. The maximum Gasteiger partial charge on any atom is 0.189 e. The SMILES string of the molecule is COc1cc(/C=C/C(=O)c2cc(F)cc(Cl)c2O)ccc1O. The van der Waals surface area contributed by atoms with Crippen LogP contribution in [0.15, 0.2) is 36.4 Å². The molecule has 0 amide bonds. The van der Waals surface area contributed by atoms with Crippen LogP contribution >= 0.6 is 11.6 Å². The van der Waals surface area contributed by atoms with E-state index in [0.717, 1.165) is 18.2 Å². The zero-order valence-electron chi connectivity index (χ0n) is 11.5. The molecule has 114 valence electrons. The lowest BCUT2D eigenvalue weighted by Gasteiger charge is -2.04. The van der Waals surface area contributed by atoms with Crippen molar-refractivity contribution in [3.05, 3.63) is 58.4 Å². The largest absolute Gasteiger partial charge is 0.506 e. The minimum atomic E-state index is -0.717. The van der Waals surface area contributed by atoms with Gasteiger partial charge in [0.15, 0.2) is 17.3 Å². The third kappa shape index (κ3) is 3.38. The number of ketones is 1. The molecule has 4 nitrogen and oxygen atoms in total. The summed E-state index contributed by atoms with van der Waals surface area (Å²) in [5.74, 6) is -1.57. The normalized spacial score (nSPS) is 10.9. The van der Waals surface area contributed by atoms with E-state index in [1.807, 2.05) is 0 Å². The molecule has 0 spiro atoms. The second-order valence-corrected chi connectivity index (χ2v) is 4.82. The molecule has 0 unspecified atom stereocenters. The number of allylic oxidation sites excluding steroid dienone is 1. The highest BCUT2D eigenvalue weighted by Gasteiger charge is 2.13. The number of hydrogen-bond acceptors (Lipinski definition) is 4. The molecule has 0 heterocycles.